The highest BCUT2D eigenvalue weighted by molar-refractivity contribution is 5.84. The topological polar surface area (TPSA) is 53.1 Å². The van der Waals surface area contributed by atoms with Gasteiger partial charge in [-0.1, -0.05) is 0 Å². The number of ether oxygens (including phenoxy) is 1. The number of likely N-dealkylation sites (N-methyl/N-ethyl adjacent to an activating group) is 1. The van der Waals surface area contributed by atoms with E-state index in [-0.39, 0.29) is 17.7 Å². The molecule has 0 aromatic rings. The molecule has 2 fully saturated rings. The van der Waals surface area contributed by atoms with Gasteiger partial charge >= 0.3 is 0 Å². The Hall–Kier alpha value is -1.14. The molecule has 114 valence electrons. The van der Waals surface area contributed by atoms with E-state index in [1.54, 1.807) is 7.11 Å². The second kappa shape index (κ2) is 6.54. The highest BCUT2D eigenvalue weighted by atomic mass is 16.5. The molecule has 6 heteroatoms. The van der Waals surface area contributed by atoms with Crippen molar-refractivity contribution >= 4 is 11.8 Å². The largest absolute Gasteiger partial charge is 0.384 e. The number of methoxy groups -OCH3 is 1. The van der Waals surface area contributed by atoms with E-state index in [2.05, 4.69) is 4.90 Å². The number of hydrogen-bond acceptors (Lipinski definition) is 4. The van der Waals surface area contributed by atoms with Crippen LogP contribution in [0.25, 0.3) is 0 Å². The van der Waals surface area contributed by atoms with Gasteiger partial charge in [0.05, 0.1) is 18.9 Å². The number of rotatable bonds is 6. The minimum atomic E-state index is 0.0173. The predicted molar refractivity (Wildman–Crippen MR) is 75.2 cm³/mol. The summed E-state index contributed by atoms with van der Waals surface area (Å²) < 4.78 is 4.93. The lowest BCUT2D eigenvalue weighted by Gasteiger charge is -2.23. The van der Waals surface area contributed by atoms with Crippen LogP contribution in [-0.4, -0.2) is 87.0 Å². The molecule has 6 nitrogen and oxygen atoms in total. The average molecular weight is 283 g/mol. The smallest absolute Gasteiger partial charge is 0.227 e. The van der Waals surface area contributed by atoms with Gasteiger partial charge in [-0.3, -0.25) is 9.59 Å². The molecular formula is C14H25N3O3. The highest BCUT2D eigenvalue weighted by Crippen LogP contribution is 2.32. The lowest BCUT2D eigenvalue weighted by Crippen LogP contribution is -2.38. The summed E-state index contributed by atoms with van der Waals surface area (Å²) in [4.78, 5) is 30.1. The fourth-order valence-electron chi connectivity index (χ4n) is 3.02. The number of fused-ring (bicyclic) bond motifs is 1. The first-order valence-corrected chi connectivity index (χ1v) is 7.23. The van der Waals surface area contributed by atoms with Crippen LogP contribution in [0.3, 0.4) is 0 Å². The minimum Gasteiger partial charge on any atom is -0.384 e. The van der Waals surface area contributed by atoms with Gasteiger partial charge in [-0.15, -0.1) is 0 Å². The maximum atomic E-state index is 12.3. The molecule has 0 saturated carbocycles. The summed E-state index contributed by atoms with van der Waals surface area (Å²) in [7, 11) is 5.62. The van der Waals surface area contributed by atoms with Crippen molar-refractivity contribution < 1.29 is 14.3 Å². The lowest BCUT2D eigenvalue weighted by molar-refractivity contribution is -0.133. The second-order valence-electron chi connectivity index (χ2n) is 6.00. The van der Waals surface area contributed by atoms with Crippen LogP contribution in [0.5, 0.6) is 0 Å². The Morgan fingerprint density at radius 2 is 2.10 bits per heavy atom. The van der Waals surface area contributed by atoms with Crippen LogP contribution in [0, 0.1) is 11.8 Å². The highest BCUT2D eigenvalue weighted by Gasteiger charge is 2.46. The molecule has 20 heavy (non-hydrogen) atoms. The van der Waals surface area contributed by atoms with Crippen molar-refractivity contribution in [3.63, 3.8) is 0 Å². The van der Waals surface area contributed by atoms with Gasteiger partial charge in [0, 0.05) is 45.8 Å². The standard InChI is InChI=1S/C14H25N3O3/c1-15(2)5-6-16-8-11-9-17(10-12(11)14(16)19)13(18)4-7-20-3/h11-12H,4-10H2,1-3H3/t11-,12+/m1/s1. The third-order valence-electron chi connectivity index (χ3n) is 4.21. The van der Waals surface area contributed by atoms with Crippen molar-refractivity contribution in [2.45, 2.75) is 6.42 Å². The molecule has 0 aromatic carbocycles. The Kier molecular flexibility index (Phi) is 4.99. The predicted octanol–water partition coefficient (Wildman–Crippen LogP) is -0.499. The van der Waals surface area contributed by atoms with Gasteiger partial charge < -0.3 is 19.4 Å². The lowest BCUT2D eigenvalue weighted by atomic mass is 10.0. The van der Waals surface area contributed by atoms with E-state index in [1.165, 1.54) is 0 Å². The molecule has 2 aliphatic rings. The maximum absolute atomic E-state index is 12.3. The van der Waals surface area contributed by atoms with Crippen LogP contribution in [0.15, 0.2) is 0 Å². The van der Waals surface area contributed by atoms with Crippen molar-refractivity contribution in [3.05, 3.63) is 0 Å². The van der Waals surface area contributed by atoms with Crippen molar-refractivity contribution in [1.29, 1.82) is 0 Å². The van der Waals surface area contributed by atoms with Gasteiger partial charge in [-0.2, -0.15) is 0 Å². The first kappa shape index (κ1) is 15.3. The SMILES string of the molecule is COCCC(=O)N1C[C@H]2CN(CCN(C)C)C(=O)[C@H]2C1. The third-order valence-corrected chi connectivity index (χ3v) is 4.21. The van der Waals surface area contributed by atoms with Gasteiger partial charge in [0.15, 0.2) is 0 Å². The van der Waals surface area contributed by atoms with Crippen LogP contribution < -0.4 is 0 Å². The van der Waals surface area contributed by atoms with Crippen molar-refractivity contribution in [2.75, 3.05) is 60.5 Å². The van der Waals surface area contributed by atoms with Crippen molar-refractivity contribution in [1.82, 2.24) is 14.7 Å². The van der Waals surface area contributed by atoms with E-state index in [1.807, 2.05) is 23.9 Å². The number of carbonyl (C=O) groups is 2. The average Bonchev–Trinajstić information content (AvgIpc) is 2.94. The van der Waals surface area contributed by atoms with Gasteiger partial charge in [-0.05, 0) is 14.1 Å². The van der Waals surface area contributed by atoms with Gasteiger partial charge in [-0.25, -0.2) is 0 Å². The molecule has 0 aliphatic carbocycles. The Balaban J connectivity index is 1.83. The van der Waals surface area contributed by atoms with Crippen LogP contribution in [0.1, 0.15) is 6.42 Å². The summed E-state index contributed by atoms with van der Waals surface area (Å²) in [6.07, 6.45) is 0.411. The monoisotopic (exact) mass is 283 g/mol. The first-order valence-electron chi connectivity index (χ1n) is 7.23. The minimum absolute atomic E-state index is 0.0173. The second-order valence-corrected chi connectivity index (χ2v) is 6.00. The molecule has 0 spiro atoms. The number of nitrogens with zero attached hydrogens (tertiary/aromatic N) is 3. The van der Waals surface area contributed by atoms with E-state index >= 15 is 0 Å². The van der Waals surface area contributed by atoms with E-state index in [4.69, 9.17) is 4.74 Å². The van der Waals surface area contributed by atoms with E-state index < -0.39 is 0 Å². The molecule has 2 rings (SSSR count). The van der Waals surface area contributed by atoms with Crippen LogP contribution in [0.2, 0.25) is 0 Å². The number of hydrogen-bond donors (Lipinski definition) is 0. The third kappa shape index (κ3) is 3.30. The number of likely N-dealkylation sites (tertiary alicyclic amines) is 2. The van der Waals surface area contributed by atoms with Crippen LogP contribution >= 0.6 is 0 Å². The summed E-state index contributed by atoms with van der Waals surface area (Å²) in [5.74, 6) is 0.660. The fourth-order valence-corrected chi connectivity index (χ4v) is 3.02. The summed E-state index contributed by atoms with van der Waals surface area (Å²) in [6, 6.07) is 0. The van der Waals surface area contributed by atoms with Gasteiger partial charge in [0.2, 0.25) is 11.8 Å². The zero-order chi connectivity index (χ0) is 14.7. The van der Waals surface area contributed by atoms with Crippen molar-refractivity contribution in [3.8, 4) is 0 Å². The fraction of sp³-hybridized carbons (Fsp3) is 0.857. The molecule has 2 aliphatic heterocycles. The Labute approximate surface area is 120 Å². The molecule has 2 heterocycles. The van der Waals surface area contributed by atoms with Crippen LogP contribution in [-0.2, 0) is 14.3 Å². The molecule has 0 N–H and O–H groups in total. The molecule has 2 saturated heterocycles. The van der Waals surface area contributed by atoms with Gasteiger partial charge in [0.1, 0.15) is 0 Å². The summed E-state index contributed by atoms with van der Waals surface area (Å²) >= 11 is 0. The van der Waals surface area contributed by atoms with E-state index in [0.717, 1.165) is 26.2 Å². The Morgan fingerprint density at radius 3 is 2.70 bits per heavy atom. The first-order chi connectivity index (χ1) is 9.52. The van der Waals surface area contributed by atoms with Crippen LogP contribution in [0.4, 0.5) is 0 Å². The zero-order valence-electron chi connectivity index (χ0n) is 12.7. The number of carbonyl (C=O) groups excluding carboxylic acids is 2. The summed E-state index contributed by atoms with van der Waals surface area (Å²) in [5, 5.41) is 0. The number of amides is 2. The molecular weight excluding hydrogens is 258 g/mol. The Morgan fingerprint density at radius 1 is 1.35 bits per heavy atom. The zero-order valence-corrected chi connectivity index (χ0v) is 12.7. The molecule has 0 unspecified atom stereocenters. The molecule has 2 amide bonds. The molecule has 2 atom stereocenters. The Bertz CT molecular complexity index is 373. The molecule has 0 bridgehead atoms. The quantitative estimate of drug-likeness (QED) is 0.659. The van der Waals surface area contributed by atoms with E-state index in [0.29, 0.717) is 25.5 Å². The van der Waals surface area contributed by atoms with Crippen molar-refractivity contribution in [2.24, 2.45) is 11.8 Å². The maximum Gasteiger partial charge on any atom is 0.227 e. The van der Waals surface area contributed by atoms with E-state index in [9.17, 15) is 9.59 Å². The van der Waals surface area contributed by atoms with Gasteiger partial charge in [0.25, 0.3) is 0 Å². The summed E-state index contributed by atoms with van der Waals surface area (Å²) in [5.41, 5.74) is 0. The molecule has 0 aromatic heterocycles. The normalized spacial score (nSPS) is 25.7. The summed E-state index contributed by atoms with van der Waals surface area (Å²) in [6.45, 7) is 4.24. The molecule has 0 radical (unpaired) electrons.